The van der Waals surface area contributed by atoms with Gasteiger partial charge in [-0.25, -0.2) is 12.8 Å². The van der Waals surface area contributed by atoms with Crippen molar-refractivity contribution in [1.82, 2.24) is 4.31 Å². The molecule has 0 radical (unpaired) electrons. The van der Waals surface area contributed by atoms with Gasteiger partial charge in [0, 0.05) is 18.7 Å². The Morgan fingerprint density at radius 2 is 1.79 bits per heavy atom. The highest BCUT2D eigenvalue weighted by Gasteiger charge is 2.27. The Hall–Kier alpha value is -2.45. The first kappa shape index (κ1) is 20.3. The van der Waals surface area contributed by atoms with Crippen LogP contribution >= 0.6 is 0 Å². The lowest BCUT2D eigenvalue weighted by atomic mass is 10.2. The summed E-state index contributed by atoms with van der Waals surface area (Å²) in [6.07, 6.45) is 2.70. The molecular formula is C20H23FN2O4S. The molecule has 1 fully saturated rings. The molecule has 0 bridgehead atoms. The molecule has 3 rings (SSSR count). The highest BCUT2D eigenvalue weighted by atomic mass is 32.2. The predicted octanol–water partition coefficient (Wildman–Crippen LogP) is 3.65. The van der Waals surface area contributed by atoms with Gasteiger partial charge in [0.25, 0.3) is 5.91 Å². The van der Waals surface area contributed by atoms with Crippen LogP contribution in [0.5, 0.6) is 5.75 Å². The van der Waals surface area contributed by atoms with E-state index in [1.54, 1.807) is 13.0 Å². The van der Waals surface area contributed by atoms with Crippen LogP contribution in [-0.2, 0) is 10.0 Å². The molecule has 0 saturated carbocycles. The molecule has 150 valence electrons. The summed E-state index contributed by atoms with van der Waals surface area (Å²) in [5.41, 5.74) is 0.516. The minimum atomic E-state index is -3.65. The smallest absolute Gasteiger partial charge is 0.255 e. The first-order chi connectivity index (χ1) is 13.4. The lowest BCUT2D eigenvalue weighted by Crippen LogP contribution is -2.35. The Morgan fingerprint density at radius 1 is 1.11 bits per heavy atom. The maximum absolute atomic E-state index is 13.1. The van der Waals surface area contributed by atoms with Gasteiger partial charge in [0.1, 0.15) is 11.6 Å². The summed E-state index contributed by atoms with van der Waals surface area (Å²) < 4.78 is 45.9. The Balaban J connectivity index is 1.91. The number of rotatable bonds is 6. The third-order valence-corrected chi connectivity index (χ3v) is 6.45. The van der Waals surface area contributed by atoms with Crippen molar-refractivity contribution in [3.8, 4) is 5.75 Å². The van der Waals surface area contributed by atoms with Crippen LogP contribution in [0.1, 0.15) is 36.5 Å². The van der Waals surface area contributed by atoms with Crippen molar-refractivity contribution in [2.24, 2.45) is 0 Å². The molecule has 6 nitrogen and oxygen atoms in total. The summed E-state index contributed by atoms with van der Waals surface area (Å²) in [6, 6.07) is 9.54. The summed E-state index contributed by atoms with van der Waals surface area (Å²) in [5, 5.41) is 2.68. The fourth-order valence-electron chi connectivity index (χ4n) is 3.10. The average molecular weight is 406 g/mol. The maximum atomic E-state index is 13.1. The first-order valence-electron chi connectivity index (χ1n) is 9.25. The lowest BCUT2D eigenvalue weighted by molar-refractivity contribution is 0.102. The van der Waals surface area contributed by atoms with E-state index in [-0.39, 0.29) is 16.1 Å². The van der Waals surface area contributed by atoms with Gasteiger partial charge in [0.2, 0.25) is 10.0 Å². The number of hydrogen-bond donors (Lipinski definition) is 1. The second-order valence-corrected chi connectivity index (χ2v) is 8.45. The van der Waals surface area contributed by atoms with Gasteiger partial charge < -0.3 is 10.1 Å². The zero-order valence-electron chi connectivity index (χ0n) is 15.7. The number of amides is 1. The topological polar surface area (TPSA) is 75.7 Å². The number of halogens is 1. The van der Waals surface area contributed by atoms with Crippen LogP contribution in [0.25, 0.3) is 0 Å². The van der Waals surface area contributed by atoms with Crippen LogP contribution in [0, 0.1) is 5.82 Å². The summed E-state index contributed by atoms with van der Waals surface area (Å²) >= 11 is 0. The van der Waals surface area contributed by atoms with Crippen molar-refractivity contribution in [2.45, 2.75) is 31.1 Å². The molecule has 0 atom stereocenters. The number of carbonyl (C=O) groups excluding carboxylic acids is 1. The van der Waals surface area contributed by atoms with Crippen molar-refractivity contribution >= 4 is 21.6 Å². The van der Waals surface area contributed by atoms with Crippen LogP contribution in [0.2, 0.25) is 0 Å². The largest absolute Gasteiger partial charge is 0.492 e. The van der Waals surface area contributed by atoms with Gasteiger partial charge in [-0.15, -0.1) is 0 Å². The van der Waals surface area contributed by atoms with E-state index in [0.717, 1.165) is 19.3 Å². The number of ether oxygens (including phenoxy) is 1. The molecule has 1 aliphatic rings. The molecule has 1 aliphatic heterocycles. The van der Waals surface area contributed by atoms with E-state index < -0.39 is 21.7 Å². The SMILES string of the molecule is CCOc1ccc(S(=O)(=O)N2CCCCC2)cc1NC(=O)c1ccc(F)cc1. The third kappa shape index (κ3) is 4.51. The minimum Gasteiger partial charge on any atom is -0.492 e. The van der Waals surface area contributed by atoms with Crippen molar-refractivity contribution in [1.29, 1.82) is 0 Å². The number of anilines is 1. The van der Waals surface area contributed by atoms with Gasteiger partial charge in [0.05, 0.1) is 17.2 Å². The van der Waals surface area contributed by atoms with Crippen molar-refractivity contribution in [3.05, 3.63) is 53.8 Å². The van der Waals surface area contributed by atoms with E-state index in [9.17, 15) is 17.6 Å². The van der Waals surface area contributed by atoms with E-state index in [2.05, 4.69) is 5.32 Å². The first-order valence-corrected chi connectivity index (χ1v) is 10.7. The fraction of sp³-hybridized carbons (Fsp3) is 0.350. The molecule has 1 heterocycles. The highest BCUT2D eigenvalue weighted by Crippen LogP contribution is 2.30. The summed E-state index contributed by atoms with van der Waals surface area (Å²) in [4.78, 5) is 12.6. The summed E-state index contributed by atoms with van der Waals surface area (Å²) in [5.74, 6) is -0.551. The van der Waals surface area contributed by atoms with Crippen LogP contribution in [0.4, 0.5) is 10.1 Å². The Bertz CT molecular complexity index is 939. The Kier molecular flexibility index (Phi) is 6.31. The Labute approximate surface area is 164 Å². The van der Waals surface area contributed by atoms with Crippen LogP contribution in [0.3, 0.4) is 0 Å². The van der Waals surface area contributed by atoms with Crippen molar-refractivity contribution in [3.63, 3.8) is 0 Å². The predicted molar refractivity (Wildman–Crippen MR) is 105 cm³/mol. The lowest BCUT2D eigenvalue weighted by Gasteiger charge is -2.26. The minimum absolute atomic E-state index is 0.104. The number of hydrogen-bond acceptors (Lipinski definition) is 4. The number of piperidine rings is 1. The molecule has 28 heavy (non-hydrogen) atoms. The number of benzene rings is 2. The van der Waals surface area contributed by atoms with Gasteiger partial charge in [-0.1, -0.05) is 6.42 Å². The second kappa shape index (κ2) is 8.70. The molecule has 1 saturated heterocycles. The van der Waals surface area contributed by atoms with Gasteiger partial charge in [-0.2, -0.15) is 4.31 Å². The van der Waals surface area contributed by atoms with E-state index in [1.165, 1.54) is 40.7 Å². The number of carbonyl (C=O) groups is 1. The molecule has 2 aromatic rings. The number of nitrogens with zero attached hydrogens (tertiary/aromatic N) is 1. The Morgan fingerprint density at radius 3 is 2.43 bits per heavy atom. The quantitative estimate of drug-likeness (QED) is 0.795. The van der Waals surface area contributed by atoms with Gasteiger partial charge in [-0.3, -0.25) is 4.79 Å². The summed E-state index contributed by atoms with van der Waals surface area (Å²) in [7, 11) is -3.65. The fourth-order valence-corrected chi connectivity index (χ4v) is 4.64. The van der Waals surface area contributed by atoms with E-state index in [4.69, 9.17) is 4.74 Å². The van der Waals surface area contributed by atoms with E-state index in [1.807, 2.05) is 0 Å². The van der Waals surface area contributed by atoms with Crippen LogP contribution in [-0.4, -0.2) is 38.3 Å². The van der Waals surface area contributed by atoms with E-state index >= 15 is 0 Å². The molecule has 8 heteroatoms. The number of sulfonamides is 1. The average Bonchev–Trinajstić information content (AvgIpc) is 2.70. The highest BCUT2D eigenvalue weighted by molar-refractivity contribution is 7.89. The second-order valence-electron chi connectivity index (χ2n) is 6.52. The van der Waals surface area contributed by atoms with Crippen molar-refractivity contribution < 1.29 is 22.3 Å². The molecule has 2 aromatic carbocycles. The summed E-state index contributed by atoms with van der Waals surface area (Å²) in [6.45, 7) is 3.14. The molecule has 1 amide bonds. The molecule has 0 aromatic heterocycles. The number of nitrogens with one attached hydrogen (secondary N) is 1. The van der Waals surface area contributed by atoms with E-state index in [0.29, 0.717) is 25.4 Å². The third-order valence-electron chi connectivity index (χ3n) is 4.56. The van der Waals surface area contributed by atoms with Crippen LogP contribution in [0.15, 0.2) is 47.4 Å². The standard InChI is InChI=1S/C20H23FN2O4S/c1-2-27-19-11-10-17(28(25,26)23-12-4-3-5-13-23)14-18(19)22-20(24)15-6-8-16(21)9-7-15/h6-11,14H,2-5,12-13H2,1H3,(H,22,24). The monoisotopic (exact) mass is 406 g/mol. The molecule has 0 unspecified atom stereocenters. The normalized spacial score (nSPS) is 15.2. The van der Waals surface area contributed by atoms with Crippen LogP contribution < -0.4 is 10.1 Å². The maximum Gasteiger partial charge on any atom is 0.255 e. The van der Waals surface area contributed by atoms with Gasteiger partial charge in [-0.05, 0) is 62.2 Å². The molecule has 0 aliphatic carbocycles. The van der Waals surface area contributed by atoms with Gasteiger partial charge >= 0.3 is 0 Å². The van der Waals surface area contributed by atoms with Crippen molar-refractivity contribution in [2.75, 3.05) is 25.0 Å². The van der Waals surface area contributed by atoms with Gasteiger partial charge in [0.15, 0.2) is 0 Å². The zero-order valence-corrected chi connectivity index (χ0v) is 16.5. The molecular weight excluding hydrogens is 383 g/mol. The molecule has 1 N–H and O–H groups in total. The zero-order chi connectivity index (χ0) is 20.1. The molecule has 0 spiro atoms.